The molecule has 2 unspecified atom stereocenters. The van der Waals surface area contributed by atoms with Crippen LogP contribution in [-0.4, -0.2) is 32.5 Å². The third kappa shape index (κ3) is 1.81. The number of nitrogens with two attached hydrogens (primary N) is 1. The molecule has 3 nitrogen and oxygen atoms in total. The molecule has 2 rings (SSSR count). The van der Waals surface area contributed by atoms with E-state index in [0.29, 0.717) is 12.6 Å². The van der Waals surface area contributed by atoms with E-state index in [1.165, 1.54) is 12.8 Å². The Balaban J connectivity index is 1.99. The molecule has 1 aliphatic heterocycles. The lowest BCUT2D eigenvalue weighted by molar-refractivity contribution is -0.0181. The lowest BCUT2D eigenvalue weighted by Gasteiger charge is -2.32. The maximum Gasteiger partial charge on any atom is 0.0694 e. The second-order valence-electron chi connectivity index (χ2n) is 4.58. The van der Waals surface area contributed by atoms with E-state index in [2.05, 4.69) is 0 Å². The van der Waals surface area contributed by atoms with Crippen LogP contribution in [0, 0.1) is 11.3 Å². The average Bonchev–Trinajstić information content (AvgIpc) is 2.97. The molecule has 14 heavy (non-hydrogen) atoms. The van der Waals surface area contributed by atoms with Gasteiger partial charge in [-0.05, 0) is 32.1 Å². The molecule has 1 saturated carbocycles. The van der Waals surface area contributed by atoms with Gasteiger partial charge in [-0.2, -0.15) is 0 Å². The summed E-state index contributed by atoms with van der Waals surface area (Å²) in [4.78, 5) is 0. The Bertz CT molecular complexity index is 194. The molecule has 2 atom stereocenters. The summed E-state index contributed by atoms with van der Waals surface area (Å²) in [7, 11) is 0. The van der Waals surface area contributed by atoms with Crippen molar-refractivity contribution in [2.24, 2.45) is 17.1 Å². The van der Waals surface area contributed by atoms with E-state index in [4.69, 9.17) is 15.2 Å². The van der Waals surface area contributed by atoms with E-state index < -0.39 is 0 Å². The van der Waals surface area contributed by atoms with E-state index in [0.717, 1.165) is 32.2 Å². The van der Waals surface area contributed by atoms with Crippen molar-refractivity contribution in [1.29, 1.82) is 0 Å². The van der Waals surface area contributed by atoms with Crippen molar-refractivity contribution in [2.75, 3.05) is 26.4 Å². The van der Waals surface area contributed by atoms with Crippen molar-refractivity contribution in [1.82, 2.24) is 0 Å². The monoisotopic (exact) mass is 199 g/mol. The second kappa shape index (κ2) is 4.17. The first-order chi connectivity index (χ1) is 6.82. The zero-order chi connectivity index (χ0) is 10.0. The fraction of sp³-hybridized carbons (Fsp3) is 1.00. The number of ether oxygens (including phenoxy) is 2. The zero-order valence-electron chi connectivity index (χ0n) is 9.00. The van der Waals surface area contributed by atoms with Crippen molar-refractivity contribution >= 4 is 0 Å². The first-order valence-electron chi connectivity index (χ1n) is 5.72. The van der Waals surface area contributed by atoms with Crippen LogP contribution in [-0.2, 0) is 9.47 Å². The van der Waals surface area contributed by atoms with Crippen LogP contribution in [0.25, 0.3) is 0 Å². The maximum atomic E-state index is 5.91. The van der Waals surface area contributed by atoms with E-state index in [-0.39, 0.29) is 5.41 Å². The van der Waals surface area contributed by atoms with Gasteiger partial charge in [-0.1, -0.05) is 0 Å². The second-order valence-corrected chi connectivity index (χ2v) is 4.58. The predicted octanol–water partition coefficient (Wildman–Crippen LogP) is 1.17. The van der Waals surface area contributed by atoms with Gasteiger partial charge in [-0.25, -0.2) is 0 Å². The van der Waals surface area contributed by atoms with Gasteiger partial charge in [0.05, 0.1) is 12.7 Å². The molecule has 0 amide bonds. The Morgan fingerprint density at radius 2 is 2.29 bits per heavy atom. The molecular weight excluding hydrogens is 178 g/mol. The van der Waals surface area contributed by atoms with Gasteiger partial charge in [0.2, 0.25) is 0 Å². The molecule has 3 heteroatoms. The van der Waals surface area contributed by atoms with Crippen LogP contribution < -0.4 is 5.73 Å². The van der Waals surface area contributed by atoms with Gasteiger partial charge < -0.3 is 15.2 Å². The molecular formula is C11H21NO2. The molecule has 1 saturated heterocycles. The molecule has 2 N–H and O–H groups in total. The summed E-state index contributed by atoms with van der Waals surface area (Å²) in [5, 5.41) is 0. The Kier molecular flexibility index (Phi) is 3.10. The Morgan fingerprint density at radius 3 is 2.86 bits per heavy atom. The molecule has 0 radical (unpaired) electrons. The van der Waals surface area contributed by atoms with E-state index in [9.17, 15) is 0 Å². The summed E-state index contributed by atoms with van der Waals surface area (Å²) in [6, 6.07) is 0. The molecule has 82 valence electrons. The third-order valence-corrected chi connectivity index (χ3v) is 3.55. The Labute approximate surface area is 85.9 Å². The van der Waals surface area contributed by atoms with Gasteiger partial charge in [0.15, 0.2) is 0 Å². The number of hydrogen-bond acceptors (Lipinski definition) is 3. The fourth-order valence-corrected chi connectivity index (χ4v) is 2.48. The minimum atomic E-state index is 0.122. The van der Waals surface area contributed by atoms with Crippen molar-refractivity contribution in [3.05, 3.63) is 0 Å². The molecule has 0 aromatic carbocycles. The summed E-state index contributed by atoms with van der Waals surface area (Å²) >= 11 is 0. The van der Waals surface area contributed by atoms with Crippen LogP contribution in [0.1, 0.15) is 26.2 Å². The molecule has 0 aromatic rings. The maximum absolute atomic E-state index is 5.91. The van der Waals surface area contributed by atoms with Crippen LogP contribution in [0.4, 0.5) is 0 Å². The first kappa shape index (κ1) is 10.4. The lowest BCUT2D eigenvalue weighted by Crippen LogP contribution is -2.43. The highest BCUT2D eigenvalue weighted by Gasteiger charge is 2.50. The van der Waals surface area contributed by atoms with Crippen LogP contribution in [0.3, 0.4) is 0 Å². The predicted molar refractivity (Wildman–Crippen MR) is 55.1 cm³/mol. The standard InChI is InChI=1S/C11H21NO2/c1-2-13-8-11(7-12)5-6-14-10(11)9-3-4-9/h9-10H,2-8,12H2,1H3. The van der Waals surface area contributed by atoms with Gasteiger partial charge in [-0.3, -0.25) is 0 Å². The molecule has 1 heterocycles. The highest BCUT2D eigenvalue weighted by atomic mass is 16.5. The molecule has 2 fully saturated rings. The first-order valence-corrected chi connectivity index (χ1v) is 5.72. The molecule has 0 aromatic heterocycles. The van der Waals surface area contributed by atoms with Crippen molar-refractivity contribution < 1.29 is 9.47 Å². The lowest BCUT2D eigenvalue weighted by atomic mass is 9.79. The normalized spacial score (nSPS) is 37.7. The Morgan fingerprint density at radius 1 is 1.50 bits per heavy atom. The topological polar surface area (TPSA) is 44.5 Å². The minimum Gasteiger partial charge on any atom is -0.381 e. The van der Waals surface area contributed by atoms with Gasteiger partial charge in [0, 0.05) is 25.2 Å². The molecule has 0 bridgehead atoms. The van der Waals surface area contributed by atoms with Crippen LogP contribution in [0.5, 0.6) is 0 Å². The minimum absolute atomic E-state index is 0.122. The third-order valence-electron chi connectivity index (χ3n) is 3.55. The quantitative estimate of drug-likeness (QED) is 0.723. The van der Waals surface area contributed by atoms with Crippen molar-refractivity contribution in [3.8, 4) is 0 Å². The van der Waals surface area contributed by atoms with Gasteiger partial charge in [-0.15, -0.1) is 0 Å². The smallest absolute Gasteiger partial charge is 0.0694 e. The zero-order valence-corrected chi connectivity index (χ0v) is 9.00. The fourth-order valence-electron chi connectivity index (χ4n) is 2.48. The molecule has 0 spiro atoms. The average molecular weight is 199 g/mol. The van der Waals surface area contributed by atoms with Crippen LogP contribution >= 0.6 is 0 Å². The van der Waals surface area contributed by atoms with E-state index in [1.54, 1.807) is 0 Å². The molecule has 2 aliphatic rings. The number of rotatable bonds is 5. The van der Waals surface area contributed by atoms with Crippen molar-refractivity contribution in [2.45, 2.75) is 32.3 Å². The largest absolute Gasteiger partial charge is 0.381 e. The van der Waals surface area contributed by atoms with Gasteiger partial charge in [0.1, 0.15) is 0 Å². The molecule has 1 aliphatic carbocycles. The summed E-state index contributed by atoms with van der Waals surface area (Å²) in [6.07, 6.45) is 4.08. The summed E-state index contributed by atoms with van der Waals surface area (Å²) in [5.74, 6) is 0.765. The summed E-state index contributed by atoms with van der Waals surface area (Å²) in [6.45, 7) is 5.16. The Hall–Kier alpha value is -0.120. The van der Waals surface area contributed by atoms with E-state index in [1.807, 2.05) is 6.92 Å². The van der Waals surface area contributed by atoms with Crippen LogP contribution in [0.2, 0.25) is 0 Å². The van der Waals surface area contributed by atoms with Gasteiger partial charge >= 0.3 is 0 Å². The van der Waals surface area contributed by atoms with E-state index >= 15 is 0 Å². The van der Waals surface area contributed by atoms with Crippen LogP contribution in [0.15, 0.2) is 0 Å². The number of hydrogen-bond donors (Lipinski definition) is 1. The summed E-state index contributed by atoms with van der Waals surface area (Å²) in [5.41, 5.74) is 6.03. The van der Waals surface area contributed by atoms with Crippen molar-refractivity contribution in [3.63, 3.8) is 0 Å². The highest BCUT2D eigenvalue weighted by Crippen LogP contribution is 2.47. The SMILES string of the molecule is CCOCC1(CN)CCOC1C1CC1. The van der Waals surface area contributed by atoms with Gasteiger partial charge in [0.25, 0.3) is 0 Å². The summed E-state index contributed by atoms with van der Waals surface area (Å²) < 4.78 is 11.4. The highest BCUT2D eigenvalue weighted by molar-refractivity contribution is 5.00.